The lowest BCUT2D eigenvalue weighted by molar-refractivity contribution is -0.140. The minimum absolute atomic E-state index is 0.206. The van der Waals surface area contributed by atoms with Gasteiger partial charge in [-0.25, -0.2) is 4.68 Å². The SMILES string of the molecule is COC(=O)CCc1c(C)nn(-c2ccc(Cl)cc2)c1C. The number of ether oxygens (including phenoxy) is 1. The van der Waals surface area contributed by atoms with Gasteiger partial charge in [-0.3, -0.25) is 4.79 Å². The first kappa shape index (κ1) is 14.6. The number of carbonyl (C=O) groups excluding carboxylic acids is 1. The fourth-order valence-corrected chi connectivity index (χ4v) is 2.33. The van der Waals surface area contributed by atoms with Crippen LogP contribution in [0.2, 0.25) is 5.02 Å². The van der Waals surface area contributed by atoms with Crippen LogP contribution in [0.15, 0.2) is 24.3 Å². The van der Waals surface area contributed by atoms with E-state index in [0.717, 1.165) is 22.6 Å². The van der Waals surface area contributed by atoms with E-state index in [1.807, 2.05) is 42.8 Å². The highest BCUT2D eigenvalue weighted by Crippen LogP contribution is 2.20. The van der Waals surface area contributed by atoms with Gasteiger partial charge < -0.3 is 4.74 Å². The number of hydrogen-bond donors (Lipinski definition) is 0. The molecule has 20 heavy (non-hydrogen) atoms. The van der Waals surface area contributed by atoms with Crippen molar-refractivity contribution in [1.29, 1.82) is 0 Å². The normalized spacial score (nSPS) is 10.6. The molecule has 0 saturated carbocycles. The van der Waals surface area contributed by atoms with Crippen LogP contribution >= 0.6 is 11.6 Å². The van der Waals surface area contributed by atoms with E-state index >= 15 is 0 Å². The molecular weight excluding hydrogens is 276 g/mol. The van der Waals surface area contributed by atoms with Crippen molar-refractivity contribution in [3.05, 3.63) is 46.2 Å². The first-order valence-corrected chi connectivity index (χ1v) is 6.78. The summed E-state index contributed by atoms with van der Waals surface area (Å²) in [6, 6.07) is 7.51. The van der Waals surface area contributed by atoms with Gasteiger partial charge in [0.05, 0.1) is 18.5 Å². The number of nitrogens with zero attached hydrogens (tertiary/aromatic N) is 2. The van der Waals surface area contributed by atoms with E-state index in [1.54, 1.807) is 0 Å². The Morgan fingerprint density at radius 3 is 2.55 bits per heavy atom. The van der Waals surface area contributed by atoms with E-state index in [9.17, 15) is 4.79 Å². The van der Waals surface area contributed by atoms with Crippen LogP contribution in [-0.4, -0.2) is 22.9 Å². The fourth-order valence-electron chi connectivity index (χ4n) is 2.20. The second kappa shape index (κ2) is 6.09. The Bertz CT molecular complexity index is 618. The minimum atomic E-state index is -0.206. The Kier molecular flexibility index (Phi) is 4.45. The average molecular weight is 293 g/mol. The Balaban J connectivity index is 2.28. The molecule has 0 unspecified atom stereocenters. The van der Waals surface area contributed by atoms with E-state index in [2.05, 4.69) is 9.84 Å². The number of aromatic nitrogens is 2. The van der Waals surface area contributed by atoms with Crippen molar-refractivity contribution in [1.82, 2.24) is 9.78 Å². The molecule has 0 spiro atoms. The van der Waals surface area contributed by atoms with Crippen molar-refractivity contribution in [3.63, 3.8) is 0 Å². The third kappa shape index (κ3) is 3.02. The van der Waals surface area contributed by atoms with Crippen LogP contribution in [-0.2, 0) is 16.0 Å². The lowest BCUT2D eigenvalue weighted by Crippen LogP contribution is -2.03. The van der Waals surface area contributed by atoms with Crippen molar-refractivity contribution in [3.8, 4) is 5.69 Å². The molecule has 0 aliphatic carbocycles. The quantitative estimate of drug-likeness (QED) is 0.813. The first-order valence-electron chi connectivity index (χ1n) is 6.40. The van der Waals surface area contributed by atoms with Gasteiger partial charge in [0, 0.05) is 17.1 Å². The summed E-state index contributed by atoms with van der Waals surface area (Å²) >= 11 is 5.89. The molecule has 0 amide bonds. The predicted molar refractivity (Wildman–Crippen MR) is 78.4 cm³/mol. The second-order valence-corrected chi connectivity index (χ2v) is 5.05. The highest BCUT2D eigenvalue weighted by Gasteiger charge is 2.14. The Morgan fingerprint density at radius 1 is 1.30 bits per heavy atom. The summed E-state index contributed by atoms with van der Waals surface area (Å²) in [7, 11) is 1.40. The van der Waals surface area contributed by atoms with Gasteiger partial charge in [0.1, 0.15) is 0 Å². The molecule has 2 rings (SSSR count). The number of rotatable bonds is 4. The van der Waals surface area contributed by atoms with Gasteiger partial charge in [-0.15, -0.1) is 0 Å². The zero-order valence-corrected chi connectivity index (χ0v) is 12.6. The molecule has 0 saturated heterocycles. The summed E-state index contributed by atoms with van der Waals surface area (Å²) in [5.74, 6) is -0.206. The largest absolute Gasteiger partial charge is 0.469 e. The van der Waals surface area contributed by atoms with Gasteiger partial charge >= 0.3 is 5.97 Å². The second-order valence-electron chi connectivity index (χ2n) is 4.61. The molecular formula is C15H17ClN2O2. The van der Waals surface area contributed by atoms with E-state index in [0.29, 0.717) is 17.9 Å². The van der Waals surface area contributed by atoms with Crippen LogP contribution in [0.4, 0.5) is 0 Å². The van der Waals surface area contributed by atoms with Gasteiger partial charge in [0.2, 0.25) is 0 Å². The molecule has 0 radical (unpaired) electrons. The van der Waals surface area contributed by atoms with Crippen molar-refractivity contribution in [2.24, 2.45) is 0 Å². The predicted octanol–water partition coefficient (Wildman–Crippen LogP) is 3.25. The topological polar surface area (TPSA) is 44.1 Å². The van der Waals surface area contributed by atoms with Crippen molar-refractivity contribution in [2.45, 2.75) is 26.7 Å². The molecule has 0 bridgehead atoms. The molecule has 1 heterocycles. The molecule has 0 atom stereocenters. The number of methoxy groups -OCH3 is 1. The van der Waals surface area contributed by atoms with Gasteiger partial charge in [-0.1, -0.05) is 11.6 Å². The molecule has 2 aromatic rings. The zero-order chi connectivity index (χ0) is 14.7. The van der Waals surface area contributed by atoms with Gasteiger partial charge in [-0.05, 0) is 50.1 Å². The highest BCUT2D eigenvalue weighted by molar-refractivity contribution is 6.30. The smallest absolute Gasteiger partial charge is 0.305 e. The zero-order valence-electron chi connectivity index (χ0n) is 11.8. The highest BCUT2D eigenvalue weighted by atomic mass is 35.5. The van der Waals surface area contributed by atoms with E-state index in [1.165, 1.54) is 7.11 Å². The molecule has 0 N–H and O–H groups in total. The molecule has 106 valence electrons. The van der Waals surface area contributed by atoms with Crippen molar-refractivity contribution in [2.75, 3.05) is 7.11 Å². The van der Waals surface area contributed by atoms with Gasteiger partial charge in [0.25, 0.3) is 0 Å². The summed E-state index contributed by atoms with van der Waals surface area (Å²) in [6.45, 7) is 3.95. The third-order valence-electron chi connectivity index (χ3n) is 3.32. The summed E-state index contributed by atoms with van der Waals surface area (Å²) in [6.07, 6.45) is 1.00. The van der Waals surface area contributed by atoms with Gasteiger partial charge in [-0.2, -0.15) is 5.10 Å². The van der Waals surface area contributed by atoms with E-state index in [-0.39, 0.29) is 5.97 Å². The number of aryl methyl sites for hydroxylation is 1. The van der Waals surface area contributed by atoms with Crippen LogP contribution in [0.1, 0.15) is 23.4 Å². The monoisotopic (exact) mass is 292 g/mol. The van der Waals surface area contributed by atoms with E-state index < -0.39 is 0 Å². The molecule has 1 aromatic heterocycles. The first-order chi connectivity index (χ1) is 9.52. The Labute approximate surface area is 123 Å². The van der Waals surface area contributed by atoms with Crippen LogP contribution in [0.5, 0.6) is 0 Å². The summed E-state index contributed by atoms with van der Waals surface area (Å²) in [5.41, 5.74) is 4.01. The maximum absolute atomic E-state index is 11.3. The summed E-state index contributed by atoms with van der Waals surface area (Å²) in [4.78, 5) is 11.3. The molecule has 5 heteroatoms. The lowest BCUT2D eigenvalue weighted by atomic mass is 10.1. The average Bonchev–Trinajstić information content (AvgIpc) is 2.72. The fraction of sp³-hybridized carbons (Fsp3) is 0.333. The van der Waals surface area contributed by atoms with Crippen LogP contribution in [0, 0.1) is 13.8 Å². The standard InChI is InChI=1S/C15H17ClN2O2/c1-10-14(8-9-15(19)20-3)11(2)18(17-10)13-6-4-12(16)5-7-13/h4-7H,8-9H2,1-3H3. The molecule has 1 aromatic carbocycles. The molecule has 4 nitrogen and oxygen atoms in total. The molecule has 0 aliphatic heterocycles. The summed E-state index contributed by atoms with van der Waals surface area (Å²) in [5, 5.41) is 5.23. The van der Waals surface area contributed by atoms with Crippen molar-refractivity contribution >= 4 is 17.6 Å². The van der Waals surface area contributed by atoms with Crippen LogP contribution < -0.4 is 0 Å². The maximum Gasteiger partial charge on any atom is 0.305 e. The minimum Gasteiger partial charge on any atom is -0.469 e. The Hall–Kier alpha value is -1.81. The lowest BCUT2D eigenvalue weighted by Gasteiger charge is -2.05. The van der Waals surface area contributed by atoms with Crippen LogP contribution in [0.3, 0.4) is 0 Å². The van der Waals surface area contributed by atoms with Gasteiger partial charge in [0.15, 0.2) is 0 Å². The maximum atomic E-state index is 11.3. The number of hydrogen-bond acceptors (Lipinski definition) is 3. The summed E-state index contributed by atoms with van der Waals surface area (Å²) < 4.78 is 6.55. The number of esters is 1. The van der Waals surface area contributed by atoms with Crippen LogP contribution in [0.25, 0.3) is 5.69 Å². The van der Waals surface area contributed by atoms with Crippen molar-refractivity contribution < 1.29 is 9.53 Å². The third-order valence-corrected chi connectivity index (χ3v) is 3.57. The Morgan fingerprint density at radius 2 is 1.95 bits per heavy atom. The molecule has 0 fully saturated rings. The van der Waals surface area contributed by atoms with E-state index in [4.69, 9.17) is 11.6 Å². The number of carbonyl (C=O) groups is 1. The molecule has 0 aliphatic rings. The number of halogens is 1. The number of benzene rings is 1.